The molecular formula is C16H27N3. The van der Waals surface area contributed by atoms with Gasteiger partial charge in [-0.15, -0.1) is 0 Å². The number of hydrogen-bond donors (Lipinski definition) is 2. The van der Waals surface area contributed by atoms with Crippen molar-refractivity contribution in [3.8, 4) is 0 Å². The molecule has 19 heavy (non-hydrogen) atoms. The van der Waals surface area contributed by atoms with Crippen molar-refractivity contribution < 1.29 is 0 Å². The van der Waals surface area contributed by atoms with E-state index >= 15 is 0 Å². The Kier molecular flexibility index (Phi) is 7.91. The molecule has 0 aromatic heterocycles. The summed E-state index contributed by atoms with van der Waals surface area (Å²) in [7, 11) is 0. The number of aryl methyl sites for hydroxylation is 2. The highest BCUT2D eigenvalue weighted by Gasteiger charge is 2.03. The van der Waals surface area contributed by atoms with Gasteiger partial charge in [0.1, 0.15) is 5.84 Å². The summed E-state index contributed by atoms with van der Waals surface area (Å²) in [5.41, 5.74) is 5.66. The van der Waals surface area contributed by atoms with E-state index in [0.29, 0.717) is 0 Å². The zero-order chi connectivity index (χ0) is 13.9. The summed E-state index contributed by atoms with van der Waals surface area (Å²) < 4.78 is 0. The van der Waals surface area contributed by atoms with Gasteiger partial charge in [0.2, 0.25) is 0 Å². The number of unbranched alkanes of at least 4 members (excludes halogenated alkanes) is 1. The summed E-state index contributed by atoms with van der Waals surface area (Å²) >= 11 is 0. The van der Waals surface area contributed by atoms with Crippen molar-refractivity contribution in [2.24, 2.45) is 10.8 Å². The van der Waals surface area contributed by atoms with Gasteiger partial charge in [-0.05, 0) is 43.7 Å². The highest BCUT2D eigenvalue weighted by atomic mass is 15.2. The topological polar surface area (TPSA) is 50.4 Å². The van der Waals surface area contributed by atoms with Crippen molar-refractivity contribution in [1.82, 2.24) is 5.43 Å². The molecule has 0 amide bonds. The van der Waals surface area contributed by atoms with Gasteiger partial charge in [0.25, 0.3) is 0 Å². The second kappa shape index (κ2) is 9.56. The molecule has 0 aliphatic carbocycles. The molecule has 0 atom stereocenters. The molecule has 0 unspecified atom stereocenters. The molecule has 1 rings (SSSR count). The van der Waals surface area contributed by atoms with Crippen molar-refractivity contribution in [1.29, 1.82) is 0 Å². The molecule has 0 bridgehead atoms. The minimum absolute atomic E-state index is 0.784. The number of aliphatic imine (C=N–C) groups is 1. The van der Waals surface area contributed by atoms with Gasteiger partial charge in [-0.1, -0.05) is 37.6 Å². The van der Waals surface area contributed by atoms with E-state index in [2.05, 4.69) is 41.6 Å². The molecule has 0 saturated carbocycles. The average molecular weight is 261 g/mol. The van der Waals surface area contributed by atoms with E-state index in [9.17, 15) is 0 Å². The first-order valence-electron chi connectivity index (χ1n) is 7.38. The summed E-state index contributed by atoms with van der Waals surface area (Å²) in [5.74, 6) is 6.36. The van der Waals surface area contributed by atoms with Gasteiger partial charge < -0.3 is 5.43 Å². The number of nitrogens with two attached hydrogens (primary N) is 1. The van der Waals surface area contributed by atoms with Crippen molar-refractivity contribution >= 4 is 5.84 Å². The van der Waals surface area contributed by atoms with Crippen LogP contribution in [0.4, 0.5) is 0 Å². The SMILES string of the molecule is CCCCc1ccccc1CCCC(=NCC)NN. The van der Waals surface area contributed by atoms with Crippen LogP contribution >= 0.6 is 0 Å². The molecule has 3 N–H and O–H groups in total. The van der Waals surface area contributed by atoms with Gasteiger partial charge in [-0.2, -0.15) is 0 Å². The second-order valence-electron chi connectivity index (χ2n) is 4.79. The Balaban J connectivity index is 2.50. The van der Waals surface area contributed by atoms with E-state index < -0.39 is 0 Å². The van der Waals surface area contributed by atoms with E-state index in [4.69, 9.17) is 5.84 Å². The van der Waals surface area contributed by atoms with Gasteiger partial charge >= 0.3 is 0 Å². The number of nitrogens with zero attached hydrogens (tertiary/aromatic N) is 1. The summed E-state index contributed by atoms with van der Waals surface area (Å²) in [6.45, 7) is 5.05. The van der Waals surface area contributed by atoms with Crippen LogP contribution in [0.3, 0.4) is 0 Å². The van der Waals surface area contributed by atoms with Crippen molar-refractivity contribution in [2.75, 3.05) is 6.54 Å². The highest BCUT2D eigenvalue weighted by molar-refractivity contribution is 5.81. The fourth-order valence-electron chi connectivity index (χ4n) is 2.25. The van der Waals surface area contributed by atoms with E-state index in [1.54, 1.807) is 0 Å². The van der Waals surface area contributed by atoms with Crippen molar-refractivity contribution in [3.63, 3.8) is 0 Å². The first-order chi connectivity index (χ1) is 9.31. The molecule has 0 aliphatic heterocycles. The largest absolute Gasteiger partial charge is 0.312 e. The zero-order valence-electron chi connectivity index (χ0n) is 12.3. The first kappa shape index (κ1) is 15.7. The number of hydrogen-bond acceptors (Lipinski definition) is 2. The molecule has 0 radical (unpaired) electrons. The van der Waals surface area contributed by atoms with Gasteiger partial charge in [0.05, 0.1) is 0 Å². The van der Waals surface area contributed by atoms with Gasteiger partial charge in [0.15, 0.2) is 0 Å². The maximum atomic E-state index is 5.45. The summed E-state index contributed by atoms with van der Waals surface area (Å²) in [4.78, 5) is 4.33. The van der Waals surface area contributed by atoms with E-state index in [1.807, 2.05) is 6.92 Å². The van der Waals surface area contributed by atoms with Crippen molar-refractivity contribution in [3.05, 3.63) is 35.4 Å². The molecule has 1 aromatic carbocycles. The Hall–Kier alpha value is -1.35. The number of nitrogens with one attached hydrogen (secondary N) is 1. The molecule has 0 heterocycles. The quantitative estimate of drug-likeness (QED) is 0.327. The number of amidine groups is 1. The minimum atomic E-state index is 0.784. The predicted octanol–water partition coefficient (Wildman–Crippen LogP) is 3.23. The van der Waals surface area contributed by atoms with Crippen LogP contribution < -0.4 is 11.3 Å². The lowest BCUT2D eigenvalue weighted by Gasteiger charge is -2.10. The summed E-state index contributed by atoms with van der Waals surface area (Å²) in [6, 6.07) is 8.78. The van der Waals surface area contributed by atoms with Crippen LogP contribution in [0.15, 0.2) is 29.3 Å². The molecule has 0 saturated heterocycles. The smallest absolute Gasteiger partial charge is 0.110 e. The molecule has 1 aromatic rings. The van der Waals surface area contributed by atoms with Crippen LogP contribution in [-0.4, -0.2) is 12.4 Å². The minimum Gasteiger partial charge on any atom is -0.312 e. The van der Waals surface area contributed by atoms with Crippen LogP contribution in [0.25, 0.3) is 0 Å². The average Bonchev–Trinajstić information content (AvgIpc) is 2.45. The molecule has 0 aliphatic rings. The van der Waals surface area contributed by atoms with Crippen LogP contribution in [0, 0.1) is 0 Å². The second-order valence-corrected chi connectivity index (χ2v) is 4.79. The normalized spacial score (nSPS) is 11.6. The number of benzene rings is 1. The molecule has 106 valence electrons. The Morgan fingerprint density at radius 1 is 1.11 bits per heavy atom. The number of hydrazine groups is 1. The molecular weight excluding hydrogens is 234 g/mol. The fraction of sp³-hybridized carbons (Fsp3) is 0.562. The molecule has 0 fully saturated rings. The van der Waals surface area contributed by atoms with Crippen LogP contribution in [0.1, 0.15) is 50.7 Å². The standard InChI is InChI=1S/C16H27N3/c1-3-5-9-14-10-6-7-11-15(14)12-8-13-16(19-17)18-4-2/h6-7,10-11H,3-5,8-9,12-13,17H2,1-2H3,(H,18,19). The van der Waals surface area contributed by atoms with E-state index in [-0.39, 0.29) is 0 Å². The third-order valence-electron chi connectivity index (χ3n) is 3.29. The Morgan fingerprint density at radius 3 is 2.26 bits per heavy atom. The lowest BCUT2D eigenvalue weighted by atomic mass is 9.98. The van der Waals surface area contributed by atoms with E-state index in [1.165, 1.54) is 30.4 Å². The maximum absolute atomic E-state index is 5.45. The third kappa shape index (κ3) is 5.88. The van der Waals surface area contributed by atoms with Crippen molar-refractivity contribution in [2.45, 2.75) is 52.4 Å². The lowest BCUT2D eigenvalue weighted by molar-refractivity contribution is 0.770. The number of rotatable bonds is 8. The Labute approximate surface area is 117 Å². The maximum Gasteiger partial charge on any atom is 0.110 e. The van der Waals surface area contributed by atoms with Gasteiger partial charge in [-0.25, -0.2) is 5.84 Å². The summed E-state index contributed by atoms with van der Waals surface area (Å²) in [5, 5.41) is 0. The molecule has 3 nitrogen and oxygen atoms in total. The molecule has 0 spiro atoms. The van der Waals surface area contributed by atoms with Crippen LogP contribution in [0.5, 0.6) is 0 Å². The fourth-order valence-corrected chi connectivity index (χ4v) is 2.25. The third-order valence-corrected chi connectivity index (χ3v) is 3.29. The predicted molar refractivity (Wildman–Crippen MR) is 83.3 cm³/mol. The zero-order valence-corrected chi connectivity index (χ0v) is 12.3. The first-order valence-corrected chi connectivity index (χ1v) is 7.38. The lowest BCUT2D eigenvalue weighted by Crippen LogP contribution is -2.30. The summed E-state index contributed by atoms with van der Waals surface area (Å²) in [6.07, 6.45) is 6.82. The highest BCUT2D eigenvalue weighted by Crippen LogP contribution is 2.14. The Morgan fingerprint density at radius 2 is 1.74 bits per heavy atom. The van der Waals surface area contributed by atoms with Gasteiger partial charge in [-0.3, -0.25) is 4.99 Å². The van der Waals surface area contributed by atoms with Crippen LogP contribution in [-0.2, 0) is 12.8 Å². The monoisotopic (exact) mass is 261 g/mol. The molecule has 3 heteroatoms. The Bertz CT molecular complexity index is 385. The van der Waals surface area contributed by atoms with E-state index in [0.717, 1.165) is 31.6 Å². The van der Waals surface area contributed by atoms with Crippen LogP contribution in [0.2, 0.25) is 0 Å². The van der Waals surface area contributed by atoms with Gasteiger partial charge in [0, 0.05) is 13.0 Å².